The summed E-state index contributed by atoms with van der Waals surface area (Å²) in [7, 11) is 3.37. The number of ether oxygens (including phenoxy) is 3. The van der Waals surface area contributed by atoms with Crippen LogP contribution in [-0.2, 0) is 11.2 Å². The largest absolute Gasteiger partial charge is 0.496 e. The predicted octanol–water partition coefficient (Wildman–Crippen LogP) is 1.93. The standard InChI is InChI=1S/C14H21NO3/c1-4-10-7-11(14-9-15-5-6-18-14)13(17-3)8-12(10)16-2/h7-8,14-15H,4-6,9H2,1-3H3. The molecule has 0 aliphatic carbocycles. The number of benzene rings is 1. The fourth-order valence-corrected chi connectivity index (χ4v) is 2.28. The fourth-order valence-electron chi connectivity index (χ4n) is 2.28. The van der Waals surface area contributed by atoms with Crippen LogP contribution in [-0.4, -0.2) is 33.9 Å². The van der Waals surface area contributed by atoms with Crippen LogP contribution in [0.1, 0.15) is 24.2 Å². The molecule has 1 heterocycles. The Balaban J connectivity index is 2.37. The third-order valence-electron chi connectivity index (χ3n) is 3.29. The molecule has 0 saturated carbocycles. The van der Waals surface area contributed by atoms with Crippen LogP contribution in [0.5, 0.6) is 11.5 Å². The van der Waals surface area contributed by atoms with Gasteiger partial charge in [-0.3, -0.25) is 0 Å². The molecule has 2 rings (SSSR count). The summed E-state index contributed by atoms with van der Waals surface area (Å²) >= 11 is 0. The van der Waals surface area contributed by atoms with Gasteiger partial charge in [-0.1, -0.05) is 6.92 Å². The third kappa shape index (κ3) is 2.60. The number of methoxy groups -OCH3 is 2. The molecule has 1 aliphatic rings. The van der Waals surface area contributed by atoms with E-state index in [1.54, 1.807) is 14.2 Å². The Hall–Kier alpha value is -1.26. The van der Waals surface area contributed by atoms with Gasteiger partial charge in [-0.15, -0.1) is 0 Å². The van der Waals surface area contributed by atoms with Gasteiger partial charge in [-0.25, -0.2) is 0 Å². The molecule has 1 fully saturated rings. The van der Waals surface area contributed by atoms with Crippen LogP contribution in [0.4, 0.5) is 0 Å². The predicted molar refractivity (Wildman–Crippen MR) is 70.5 cm³/mol. The van der Waals surface area contributed by atoms with E-state index in [1.165, 1.54) is 5.56 Å². The van der Waals surface area contributed by atoms with Gasteiger partial charge in [0.25, 0.3) is 0 Å². The van der Waals surface area contributed by atoms with Gasteiger partial charge < -0.3 is 19.5 Å². The van der Waals surface area contributed by atoms with E-state index in [1.807, 2.05) is 6.07 Å². The fraction of sp³-hybridized carbons (Fsp3) is 0.571. The SMILES string of the molecule is CCc1cc(C2CNCCO2)c(OC)cc1OC. The Kier molecular flexibility index (Phi) is 4.44. The lowest BCUT2D eigenvalue weighted by atomic mass is 10.0. The Morgan fingerprint density at radius 1 is 1.28 bits per heavy atom. The van der Waals surface area contributed by atoms with Crippen LogP contribution < -0.4 is 14.8 Å². The van der Waals surface area contributed by atoms with E-state index in [0.29, 0.717) is 0 Å². The molecule has 1 N–H and O–H groups in total. The summed E-state index contributed by atoms with van der Waals surface area (Å²) in [6, 6.07) is 4.08. The summed E-state index contributed by atoms with van der Waals surface area (Å²) in [5.41, 5.74) is 2.28. The Bertz CT molecular complexity index is 400. The van der Waals surface area contributed by atoms with Crippen LogP contribution in [0.25, 0.3) is 0 Å². The van der Waals surface area contributed by atoms with Gasteiger partial charge in [-0.05, 0) is 18.1 Å². The molecule has 1 aromatic carbocycles. The van der Waals surface area contributed by atoms with Gasteiger partial charge in [0, 0.05) is 24.7 Å². The minimum atomic E-state index is 0.0601. The first kappa shape index (κ1) is 13.2. The lowest BCUT2D eigenvalue weighted by Gasteiger charge is -2.26. The lowest BCUT2D eigenvalue weighted by molar-refractivity contribution is 0.0262. The second-order valence-corrected chi connectivity index (χ2v) is 4.32. The highest BCUT2D eigenvalue weighted by Crippen LogP contribution is 2.34. The van der Waals surface area contributed by atoms with E-state index in [2.05, 4.69) is 18.3 Å². The highest BCUT2D eigenvalue weighted by Gasteiger charge is 2.21. The molecule has 1 aromatic rings. The zero-order chi connectivity index (χ0) is 13.0. The van der Waals surface area contributed by atoms with Crippen LogP contribution in [0.15, 0.2) is 12.1 Å². The minimum Gasteiger partial charge on any atom is -0.496 e. The zero-order valence-corrected chi connectivity index (χ0v) is 11.3. The van der Waals surface area contributed by atoms with E-state index in [4.69, 9.17) is 14.2 Å². The van der Waals surface area contributed by atoms with Crippen molar-refractivity contribution >= 4 is 0 Å². The van der Waals surface area contributed by atoms with Gasteiger partial charge in [0.05, 0.1) is 26.9 Å². The quantitative estimate of drug-likeness (QED) is 0.887. The second kappa shape index (κ2) is 6.07. The van der Waals surface area contributed by atoms with Crippen LogP contribution >= 0.6 is 0 Å². The van der Waals surface area contributed by atoms with Gasteiger partial charge in [0.15, 0.2) is 0 Å². The van der Waals surface area contributed by atoms with E-state index in [-0.39, 0.29) is 6.10 Å². The van der Waals surface area contributed by atoms with Crippen molar-refractivity contribution in [3.05, 3.63) is 23.3 Å². The molecule has 1 aliphatic heterocycles. The summed E-state index contributed by atoms with van der Waals surface area (Å²) in [6.45, 7) is 4.59. The van der Waals surface area contributed by atoms with Crippen molar-refractivity contribution in [3.63, 3.8) is 0 Å². The van der Waals surface area contributed by atoms with Crippen molar-refractivity contribution in [2.24, 2.45) is 0 Å². The van der Waals surface area contributed by atoms with Crippen molar-refractivity contribution < 1.29 is 14.2 Å². The zero-order valence-electron chi connectivity index (χ0n) is 11.3. The molecule has 0 spiro atoms. The topological polar surface area (TPSA) is 39.7 Å². The molecule has 0 radical (unpaired) electrons. The Morgan fingerprint density at radius 2 is 2.06 bits per heavy atom. The van der Waals surface area contributed by atoms with Crippen LogP contribution in [0.3, 0.4) is 0 Å². The number of aryl methyl sites for hydroxylation is 1. The molecular weight excluding hydrogens is 230 g/mol. The molecule has 100 valence electrons. The molecule has 0 bridgehead atoms. The molecule has 4 nitrogen and oxygen atoms in total. The summed E-state index contributed by atoms with van der Waals surface area (Å²) in [5, 5.41) is 3.34. The molecule has 0 amide bonds. The van der Waals surface area contributed by atoms with Crippen molar-refractivity contribution in [1.82, 2.24) is 5.32 Å². The van der Waals surface area contributed by atoms with Crippen LogP contribution in [0, 0.1) is 0 Å². The summed E-state index contributed by atoms with van der Waals surface area (Å²) < 4.78 is 16.6. The van der Waals surface area contributed by atoms with E-state index < -0.39 is 0 Å². The molecule has 1 atom stereocenters. The van der Waals surface area contributed by atoms with E-state index in [0.717, 1.165) is 43.2 Å². The summed E-state index contributed by atoms with van der Waals surface area (Å²) in [5.74, 6) is 1.71. The summed E-state index contributed by atoms with van der Waals surface area (Å²) in [6.07, 6.45) is 0.991. The highest BCUT2D eigenvalue weighted by atomic mass is 16.5. The van der Waals surface area contributed by atoms with Crippen molar-refractivity contribution in [2.45, 2.75) is 19.4 Å². The average molecular weight is 251 g/mol. The molecule has 18 heavy (non-hydrogen) atoms. The van der Waals surface area contributed by atoms with Crippen molar-refractivity contribution in [2.75, 3.05) is 33.9 Å². The normalized spacial score (nSPS) is 19.6. The number of rotatable bonds is 4. The van der Waals surface area contributed by atoms with Gasteiger partial charge >= 0.3 is 0 Å². The first-order chi connectivity index (χ1) is 8.80. The number of morpholine rings is 1. The van der Waals surface area contributed by atoms with Gasteiger partial charge in [-0.2, -0.15) is 0 Å². The number of hydrogen-bond donors (Lipinski definition) is 1. The molecule has 0 aromatic heterocycles. The summed E-state index contributed by atoms with van der Waals surface area (Å²) in [4.78, 5) is 0. The Morgan fingerprint density at radius 3 is 2.61 bits per heavy atom. The number of hydrogen-bond acceptors (Lipinski definition) is 4. The van der Waals surface area contributed by atoms with Crippen molar-refractivity contribution in [3.8, 4) is 11.5 Å². The first-order valence-electron chi connectivity index (χ1n) is 6.37. The monoisotopic (exact) mass is 251 g/mol. The molecule has 1 unspecified atom stereocenters. The third-order valence-corrected chi connectivity index (χ3v) is 3.29. The smallest absolute Gasteiger partial charge is 0.128 e. The number of nitrogens with one attached hydrogen (secondary N) is 1. The minimum absolute atomic E-state index is 0.0601. The molecular formula is C14H21NO3. The first-order valence-corrected chi connectivity index (χ1v) is 6.37. The Labute approximate surface area is 108 Å². The molecule has 4 heteroatoms. The maximum Gasteiger partial charge on any atom is 0.128 e. The van der Waals surface area contributed by atoms with E-state index >= 15 is 0 Å². The van der Waals surface area contributed by atoms with Gasteiger partial charge in [0.1, 0.15) is 11.5 Å². The molecule has 1 saturated heterocycles. The highest BCUT2D eigenvalue weighted by molar-refractivity contribution is 5.48. The maximum absolute atomic E-state index is 5.80. The van der Waals surface area contributed by atoms with Crippen LogP contribution in [0.2, 0.25) is 0 Å². The van der Waals surface area contributed by atoms with Crippen molar-refractivity contribution in [1.29, 1.82) is 0 Å². The van der Waals surface area contributed by atoms with Gasteiger partial charge in [0.2, 0.25) is 0 Å². The lowest BCUT2D eigenvalue weighted by Crippen LogP contribution is -2.33. The second-order valence-electron chi connectivity index (χ2n) is 4.32. The average Bonchev–Trinajstić information content (AvgIpc) is 2.46. The van der Waals surface area contributed by atoms with E-state index in [9.17, 15) is 0 Å². The maximum atomic E-state index is 5.80.